The van der Waals surface area contributed by atoms with Crippen LogP contribution in [0.3, 0.4) is 0 Å². The smallest absolute Gasteiger partial charge is 0.204 e. The van der Waals surface area contributed by atoms with Gasteiger partial charge in [0, 0.05) is 6.61 Å². The number of methoxy groups -OCH3 is 3. The summed E-state index contributed by atoms with van der Waals surface area (Å²) in [5, 5.41) is 0. The molecule has 0 aliphatic carbocycles. The van der Waals surface area contributed by atoms with E-state index in [1.165, 1.54) is 14.2 Å². The monoisotopic (exact) mass is 266 g/mol. The fourth-order valence-electron chi connectivity index (χ4n) is 2.25. The predicted octanol–water partition coefficient (Wildman–Crippen LogP) is 2.07. The van der Waals surface area contributed by atoms with Gasteiger partial charge in [-0.05, 0) is 25.0 Å². The van der Waals surface area contributed by atoms with Gasteiger partial charge in [-0.3, -0.25) is 4.79 Å². The van der Waals surface area contributed by atoms with Gasteiger partial charge in [0.25, 0.3) is 0 Å². The molecule has 1 aliphatic heterocycles. The predicted molar refractivity (Wildman–Crippen MR) is 69.4 cm³/mol. The van der Waals surface area contributed by atoms with E-state index < -0.39 is 0 Å². The van der Waals surface area contributed by atoms with Crippen LogP contribution in [-0.4, -0.2) is 39.8 Å². The molecule has 1 fully saturated rings. The second kappa shape index (κ2) is 5.93. The summed E-state index contributed by atoms with van der Waals surface area (Å²) in [6.45, 7) is 0.631. The summed E-state index contributed by atoms with van der Waals surface area (Å²) in [7, 11) is 4.56. The average Bonchev–Trinajstić information content (AvgIpc) is 2.98. The fourth-order valence-corrected chi connectivity index (χ4v) is 2.25. The van der Waals surface area contributed by atoms with Crippen LogP contribution in [0.15, 0.2) is 12.1 Å². The molecule has 0 N–H and O–H groups in total. The quantitative estimate of drug-likeness (QED) is 0.764. The summed E-state index contributed by atoms with van der Waals surface area (Å²) in [6, 6.07) is 3.38. The Balaban J connectivity index is 2.42. The normalized spacial score (nSPS) is 18.2. The zero-order valence-electron chi connectivity index (χ0n) is 11.4. The van der Waals surface area contributed by atoms with E-state index in [2.05, 4.69) is 0 Å². The van der Waals surface area contributed by atoms with Crippen molar-refractivity contribution in [2.75, 3.05) is 27.9 Å². The second-order valence-corrected chi connectivity index (χ2v) is 4.25. The van der Waals surface area contributed by atoms with Gasteiger partial charge in [-0.1, -0.05) is 0 Å². The maximum Gasteiger partial charge on any atom is 0.204 e. The van der Waals surface area contributed by atoms with Crippen molar-refractivity contribution in [2.24, 2.45) is 0 Å². The Hall–Kier alpha value is -1.75. The van der Waals surface area contributed by atoms with Crippen molar-refractivity contribution in [1.82, 2.24) is 0 Å². The summed E-state index contributed by atoms with van der Waals surface area (Å²) < 4.78 is 21.2. The maximum absolute atomic E-state index is 12.4. The van der Waals surface area contributed by atoms with E-state index in [4.69, 9.17) is 18.9 Å². The Morgan fingerprint density at radius 2 is 1.89 bits per heavy atom. The first-order chi connectivity index (χ1) is 9.22. The van der Waals surface area contributed by atoms with Crippen LogP contribution in [0.4, 0.5) is 0 Å². The van der Waals surface area contributed by atoms with Crippen LogP contribution in [0.1, 0.15) is 23.2 Å². The molecule has 1 aromatic rings. The lowest BCUT2D eigenvalue weighted by atomic mass is 10.0. The molecule has 0 aromatic heterocycles. The average molecular weight is 266 g/mol. The van der Waals surface area contributed by atoms with E-state index >= 15 is 0 Å². The van der Waals surface area contributed by atoms with Crippen LogP contribution in [-0.2, 0) is 4.74 Å². The number of Topliss-reactive ketones (excluding diaryl/α,β-unsaturated/α-hetero) is 1. The van der Waals surface area contributed by atoms with Gasteiger partial charge in [0.15, 0.2) is 17.3 Å². The van der Waals surface area contributed by atoms with Gasteiger partial charge in [-0.25, -0.2) is 0 Å². The molecule has 1 heterocycles. The number of ether oxygens (including phenoxy) is 4. The Morgan fingerprint density at radius 3 is 2.42 bits per heavy atom. The van der Waals surface area contributed by atoms with Crippen molar-refractivity contribution in [3.8, 4) is 17.2 Å². The van der Waals surface area contributed by atoms with Crippen molar-refractivity contribution in [3.05, 3.63) is 17.7 Å². The minimum atomic E-state index is -0.382. The van der Waals surface area contributed by atoms with E-state index in [-0.39, 0.29) is 11.9 Å². The third-order valence-electron chi connectivity index (χ3n) is 3.19. The number of hydrogen-bond acceptors (Lipinski definition) is 5. The minimum absolute atomic E-state index is 0.0738. The van der Waals surface area contributed by atoms with Crippen molar-refractivity contribution >= 4 is 5.78 Å². The van der Waals surface area contributed by atoms with E-state index in [0.29, 0.717) is 29.4 Å². The highest BCUT2D eigenvalue weighted by Gasteiger charge is 2.29. The largest absolute Gasteiger partial charge is 0.493 e. The van der Waals surface area contributed by atoms with Crippen LogP contribution in [0, 0.1) is 0 Å². The van der Waals surface area contributed by atoms with Crippen molar-refractivity contribution < 1.29 is 23.7 Å². The van der Waals surface area contributed by atoms with Crippen molar-refractivity contribution in [1.29, 1.82) is 0 Å². The van der Waals surface area contributed by atoms with Crippen LogP contribution >= 0.6 is 0 Å². The summed E-state index contributed by atoms with van der Waals surface area (Å²) >= 11 is 0. The molecule has 0 spiro atoms. The number of ketones is 1. The highest BCUT2D eigenvalue weighted by molar-refractivity contribution is 6.03. The molecule has 104 valence electrons. The Labute approximate surface area is 112 Å². The van der Waals surface area contributed by atoms with E-state index in [9.17, 15) is 4.79 Å². The molecular formula is C14H18O5. The van der Waals surface area contributed by atoms with Crippen LogP contribution < -0.4 is 14.2 Å². The van der Waals surface area contributed by atoms with Gasteiger partial charge in [-0.15, -0.1) is 0 Å². The number of benzene rings is 1. The summed E-state index contributed by atoms with van der Waals surface area (Å²) in [5.41, 5.74) is 0.465. The highest BCUT2D eigenvalue weighted by atomic mass is 16.5. The Morgan fingerprint density at radius 1 is 1.16 bits per heavy atom. The molecule has 1 atom stereocenters. The number of carbonyl (C=O) groups is 1. The lowest BCUT2D eigenvalue weighted by Crippen LogP contribution is -2.20. The molecule has 1 saturated heterocycles. The van der Waals surface area contributed by atoms with Crippen molar-refractivity contribution in [3.63, 3.8) is 0 Å². The first-order valence-electron chi connectivity index (χ1n) is 6.17. The summed E-state index contributed by atoms with van der Waals surface area (Å²) in [5.74, 6) is 1.27. The van der Waals surface area contributed by atoms with Gasteiger partial charge in [-0.2, -0.15) is 0 Å². The lowest BCUT2D eigenvalue weighted by molar-refractivity contribution is 0.0639. The Bertz CT molecular complexity index is 463. The molecule has 1 unspecified atom stereocenters. The SMILES string of the molecule is COc1ccc(C(=O)C2CCCO2)c(OC)c1OC. The zero-order valence-corrected chi connectivity index (χ0v) is 11.4. The maximum atomic E-state index is 12.4. The van der Waals surface area contributed by atoms with Gasteiger partial charge >= 0.3 is 0 Å². The lowest BCUT2D eigenvalue weighted by Gasteiger charge is -2.16. The molecule has 0 amide bonds. The summed E-state index contributed by atoms with van der Waals surface area (Å²) in [6.07, 6.45) is 1.27. The highest BCUT2D eigenvalue weighted by Crippen LogP contribution is 2.40. The first kappa shape index (κ1) is 13.7. The van der Waals surface area contributed by atoms with Gasteiger partial charge in [0.1, 0.15) is 6.10 Å². The van der Waals surface area contributed by atoms with Crippen LogP contribution in [0.25, 0.3) is 0 Å². The molecular weight excluding hydrogens is 248 g/mol. The second-order valence-electron chi connectivity index (χ2n) is 4.25. The van der Waals surface area contributed by atoms with Crippen LogP contribution in [0.2, 0.25) is 0 Å². The van der Waals surface area contributed by atoms with Gasteiger partial charge in [0.2, 0.25) is 5.75 Å². The van der Waals surface area contributed by atoms with Gasteiger partial charge < -0.3 is 18.9 Å². The van der Waals surface area contributed by atoms with E-state index in [1.807, 2.05) is 0 Å². The van der Waals surface area contributed by atoms with E-state index in [0.717, 1.165) is 12.8 Å². The standard InChI is InChI=1S/C14H18O5/c1-16-11-7-6-9(13(17-2)14(11)18-3)12(15)10-5-4-8-19-10/h6-7,10H,4-5,8H2,1-3H3. The molecule has 2 rings (SSSR count). The third kappa shape index (κ3) is 2.51. The molecule has 0 radical (unpaired) electrons. The van der Waals surface area contributed by atoms with Crippen LogP contribution in [0.5, 0.6) is 17.2 Å². The third-order valence-corrected chi connectivity index (χ3v) is 3.19. The topological polar surface area (TPSA) is 54.0 Å². The number of hydrogen-bond donors (Lipinski definition) is 0. The fraction of sp³-hybridized carbons (Fsp3) is 0.500. The Kier molecular flexibility index (Phi) is 4.27. The van der Waals surface area contributed by atoms with Gasteiger partial charge in [0.05, 0.1) is 26.9 Å². The first-order valence-corrected chi connectivity index (χ1v) is 6.17. The molecule has 0 saturated carbocycles. The molecule has 5 nitrogen and oxygen atoms in total. The molecule has 5 heteroatoms. The molecule has 1 aliphatic rings. The van der Waals surface area contributed by atoms with E-state index in [1.54, 1.807) is 19.2 Å². The van der Waals surface area contributed by atoms with Crippen molar-refractivity contribution in [2.45, 2.75) is 18.9 Å². The zero-order chi connectivity index (χ0) is 13.8. The molecule has 1 aromatic carbocycles. The minimum Gasteiger partial charge on any atom is -0.493 e. The number of rotatable bonds is 5. The summed E-state index contributed by atoms with van der Waals surface area (Å²) in [4.78, 5) is 12.4. The molecule has 0 bridgehead atoms. The molecule has 19 heavy (non-hydrogen) atoms. The number of carbonyl (C=O) groups excluding carboxylic acids is 1.